The van der Waals surface area contributed by atoms with Crippen LogP contribution >= 0.6 is 15.9 Å². The topological polar surface area (TPSA) is 17.8 Å². The van der Waals surface area contributed by atoms with Gasteiger partial charge in [-0.2, -0.15) is 18.3 Å². The van der Waals surface area contributed by atoms with Crippen molar-refractivity contribution in [3.63, 3.8) is 0 Å². The third kappa shape index (κ3) is 6.12. The maximum atomic E-state index is 13.3. The van der Waals surface area contributed by atoms with Gasteiger partial charge in [0, 0.05) is 6.07 Å². The average Bonchev–Trinajstić information content (AvgIpc) is 2.88. The van der Waals surface area contributed by atoms with Gasteiger partial charge in [0.1, 0.15) is 10.3 Å². The van der Waals surface area contributed by atoms with Crippen LogP contribution in [0.4, 0.5) is 13.2 Å². The number of aromatic nitrogens is 2. The Morgan fingerprint density at radius 1 is 1.00 bits per heavy atom. The Morgan fingerprint density at radius 3 is 2.13 bits per heavy atom. The fourth-order valence-electron chi connectivity index (χ4n) is 2.97. The first-order valence-corrected chi connectivity index (χ1v) is 9.37. The number of hydrogen-bond acceptors (Lipinski definition) is 1. The standard InChI is InChI=1S/C17H28BrF3N2/c1-4-6-8-9-10-12-16(3,11-7-5-2)23-14(17(19,20)21)13-15(18)22-23/h13H,4-12H2,1-3H3. The van der Waals surface area contributed by atoms with E-state index in [2.05, 4.69) is 34.9 Å². The van der Waals surface area contributed by atoms with Crippen molar-refractivity contribution in [1.29, 1.82) is 0 Å². The Labute approximate surface area is 146 Å². The van der Waals surface area contributed by atoms with E-state index in [1.54, 1.807) is 0 Å². The van der Waals surface area contributed by atoms with Crippen molar-refractivity contribution in [3.8, 4) is 0 Å². The number of nitrogens with zero attached hydrogens (tertiary/aromatic N) is 2. The molecule has 1 rings (SSSR count). The SMILES string of the molecule is CCCCCCCC(C)(CCCC)n1nc(Br)cc1C(F)(F)F. The minimum absolute atomic E-state index is 0.249. The van der Waals surface area contributed by atoms with Crippen molar-refractivity contribution in [3.05, 3.63) is 16.4 Å². The second-order valence-electron chi connectivity index (χ2n) is 6.53. The van der Waals surface area contributed by atoms with Gasteiger partial charge in [-0.25, -0.2) is 0 Å². The Balaban J connectivity index is 2.96. The summed E-state index contributed by atoms with van der Waals surface area (Å²) in [5.74, 6) is 0. The molecular weight excluding hydrogens is 369 g/mol. The number of rotatable bonds is 10. The first kappa shape index (κ1) is 20.5. The highest BCUT2D eigenvalue weighted by Crippen LogP contribution is 2.38. The van der Waals surface area contributed by atoms with Crippen LogP contribution < -0.4 is 0 Å². The van der Waals surface area contributed by atoms with Crippen molar-refractivity contribution < 1.29 is 13.2 Å². The van der Waals surface area contributed by atoms with Gasteiger partial charge in [-0.05, 0) is 35.7 Å². The van der Waals surface area contributed by atoms with E-state index in [1.165, 1.54) is 11.1 Å². The first-order valence-electron chi connectivity index (χ1n) is 8.58. The molecule has 0 bridgehead atoms. The van der Waals surface area contributed by atoms with Gasteiger partial charge >= 0.3 is 6.18 Å². The van der Waals surface area contributed by atoms with Gasteiger partial charge in [-0.1, -0.05) is 58.8 Å². The third-order valence-corrected chi connectivity index (χ3v) is 4.76. The van der Waals surface area contributed by atoms with E-state index in [1.807, 2.05) is 6.92 Å². The molecule has 0 aliphatic rings. The van der Waals surface area contributed by atoms with Crippen LogP contribution in [0, 0.1) is 0 Å². The van der Waals surface area contributed by atoms with Crippen molar-refractivity contribution in [1.82, 2.24) is 9.78 Å². The maximum Gasteiger partial charge on any atom is 0.433 e. The van der Waals surface area contributed by atoms with Crippen LogP contribution in [0.15, 0.2) is 10.7 Å². The molecule has 0 aliphatic heterocycles. The average molecular weight is 397 g/mol. The molecule has 1 heterocycles. The highest BCUT2D eigenvalue weighted by molar-refractivity contribution is 9.10. The quantitative estimate of drug-likeness (QED) is 0.392. The minimum atomic E-state index is -4.38. The molecule has 0 aromatic carbocycles. The molecule has 23 heavy (non-hydrogen) atoms. The Morgan fingerprint density at radius 2 is 1.57 bits per heavy atom. The molecule has 1 unspecified atom stereocenters. The van der Waals surface area contributed by atoms with Crippen LogP contribution in [0.3, 0.4) is 0 Å². The highest BCUT2D eigenvalue weighted by Gasteiger charge is 2.40. The van der Waals surface area contributed by atoms with Gasteiger partial charge in [0.25, 0.3) is 0 Å². The van der Waals surface area contributed by atoms with Crippen LogP contribution in [0.25, 0.3) is 0 Å². The molecule has 0 spiro atoms. The molecule has 0 saturated heterocycles. The summed E-state index contributed by atoms with van der Waals surface area (Å²) in [4.78, 5) is 0. The zero-order valence-corrected chi connectivity index (χ0v) is 15.9. The summed E-state index contributed by atoms with van der Waals surface area (Å²) in [5.41, 5.74) is -1.24. The van der Waals surface area contributed by atoms with Crippen LogP contribution in [0.1, 0.15) is 84.3 Å². The Hall–Kier alpha value is -0.520. The van der Waals surface area contributed by atoms with Gasteiger partial charge in [0.05, 0.1) is 5.54 Å². The second kappa shape index (κ2) is 9.09. The summed E-state index contributed by atoms with van der Waals surface area (Å²) in [7, 11) is 0. The molecule has 0 radical (unpaired) electrons. The third-order valence-electron chi connectivity index (χ3n) is 4.37. The molecule has 1 aromatic rings. The lowest BCUT2D eigenvalue weighted by atomic mass is 9.88. The summed E-state index contributed by atoms with van der Waals surface area (Å²) < 4.78 is 41.4. The first-order chi connectivity index (χ1) is 10.7. The largest absolute Gasteiger partial charge is 0.433 e. The lowest BCUT2D eigenvalue weighted by molar-refractivity contribution is -0.146. The lowest BCUT2D eigenvalue weighted by Gasteiger charge is -2.32. The van der Waals surface area contributed by atoms with E-state index in [9.17, 15) is 13.2 Å². The van der Waals surface area contributed by atoms with Crippen LogP contribution in [0.5, 0.6) is 0 Å². The molecule has 2 nitrogen and oxygen atoms in total. The molecule has 6 heteroatoms. The summed E-state index contributed by atoms with van der Waals surface area (Å²) in [6.07, 6.45) is 4.44. The highest BCUT2D eigenvalue weighted by atomic mass is 79.9. The molecule has 0 amide bonds. The summed E-state index contributed by atoms with van der Waals surface area (Å²) in [6, 6.07) is 1.08. The summed E-state index contributed by atoms with van der Waals surface area (Å²) in [5, 5.41) is 4.13. The number of halogens is 4. The number of alkyl halides is 3. The van der Waals surface area contributed by atoms with E-state index in [-0.39, 0.29) is 4.60 Å². The van der Waals surface area contributed by atoms with Crippen molar-refractivity contribution >= 4 is 15.9 Å². The van der Waals surface area contributed by atoms with E-state index < -0.39 is 17.4 Å². The van der Waals surface area contributed by atoms with Crippen LogP contribution in [-0.2, 0) is 11.7 Å². The predicted molar refractivity (Wildman–Crippen MR) is 91.5 cm³/mol. The van der Waals surface area contributed by atoms with Gasteiger partial charge in [-0.3, -0.25) is 4.68 Å². The second-order valence-corrected chi connectivity index (χ2v) is 7.34. The summed E-state index contributed by atoms with van der Waals surface area (Å²) in [6.45, 7) is 6.13. The van der Waals surface area contributed by atoms with Crippen molar-refractivity contribution in [2.24, 2.45) is 0 Å². The number of hydrogen-bond donors (Lipinski definition) is 0. The van der Waals surface area contributed by atoms with Gasteiger partial charge in [0.2, 0.25) is 0 Å². The van der Waals surface area contributed by atoms with Gasteiger partial charge in [0.15, 0.2) is 0 Å². The number of unbranched alkanes of at least 4 members (excludes halogenated alkanes) is 5. The molecule has 1 aromatic heterocycles. The van der Waals surface area contributed by atoms with Crippen molar-refractivity contribution in [2.75, 3.05) is 0 Å². The van der Waals surface area contributed by atoms with E-state index in [4.69, 9.17) is 0 Å². The summed E-state index contributed by atoms with van der Waals surface area (Å²) >= 11 is 3.11. The molecular formula is C17H28BrF3N2. The zero-order chi connectivity index (χ0) is 17.5. The van der Waals surface area contributed by atoms with Gasteiger partial charge < -0.3 is 0 Å². The molecule has 0 saturated carbocycles. The van der Waals surface area contributed by atoms with Crippen LogP contribution in [0.2, 0.25) is 0 Å². The predicted octanol–water partition coefficient (Wildman–Crippen LogP) is 6.93. The molecule has 0 aliphatic carbocycles. The normalized spacial score (nSPS) is 14.9. The minimum Gasteiger partial charge on any atom is -0.253 e. The fraction of sp³-hybridized carbons (Fsp3) is 0.824. The zero-order valence-electron chi connectivity index (χ0n) is 14.3. The monoisotopic (exact) mass is 396 g/mol. The van der Waals surface area contributed by atoms with E-state index in [0.29, 0.717) is 6.42 Å². The van der Waals surface area contributed by atoms with E-state index in [0.717, 1.165) is 51.0 Å². The van der Waals surface area contributed by atoms with Gasteiger partial charge in [-0.15, -0.1) is 0 Å². The lowest BCUT2D eigenvalue weighted by Crippen LogP contribution is -2.35. The molecule has 0 fully saturated rings. The molecule has 134 valence electrons. The van der Waals surface area contributed by atoms with E-state index >= 15 is 0 Å². The van der Waals surface area contributed by atoms with Crippen LogP contribution in [-0.4, -0.2) is 9.78 Å². The van der Waals surface area contributed by atoms with Crippen molar-refractivity contribution in [2.45, 2.75) is 90.3 Å². The smallest absolute Gasteiger partial charge is 0.253 e. The Kier molecular flexibility index (Phi) is 8.11. The molecule has 0 N–H and O–H groups in total. The fourth-order valence-corrected chi connectivity index (χ4v) is 3.34. The Bertz CT molecular complexity index is 471. The molecule has 1 atom stereocenters. The maximum absolute atomic E-state index is 13.3.